The molecule has 5 nitrogen and oxygen atoms in total. The predicted octanol–water partition coefficient (Wildman–Crippen LogP) is 12.0. The number of benzene rings is 7. The Kier molecular flexibility index (Phi) is 6.42. The predicted molar refractivity (Wildman–Crippen MR) is 202 cm³/mol. The van der Waals surface area contributed by atoms with Gasteiger partial charge in [0.05, 0.1) is 0 Å². The summed E-state index contributed by atoms with van der Waals surface area (Å²) in [6.07, 6.45) is 0. The van der Waals surface area contributed by atoms with Crippen molar-refractivity contribution in [2.75, 3.05) is 0 Å². The van der Waals surface area contributed by atoms with Gasteiger partial charge in [-0.25, -0.2) is 15.0 Å². The first-order valence-electron chi connectivity index (χ1n) is 16.6. The standard InChI is InChI=1S/C45H27N3O2/c1-3-11-28(12-4-1)29-19-21-31(22-20-29)43-46-44(32-23-24-35-34-15-7-9-17-38(34)49-40(35)26-32)48-45(47-43)33-25-37(30-13-5-2-6-14-30)42-36-16-8-10-18-39(36)50-41(42)27-33/h1-27H. The quantitative estimate of drug-likeness (QED) is 0.187. The summed E-state index contributed by atoms with van der Waals surface area (Å²) in [6, 6.07) is 55.8. The van der Waals surface area contributed by atoms with E-state index in [4.69, 9.17) is 23.8 Å². The van der Waals surface area contributed by atoms with Crippen molar-refractivity contribution in [1.82, 2.24) is 15.0 Å². The Hall–Kier alpha value is -6.85. The van der Waals surface area contributed by atoms with E-state index in [9.17, 15) is 0 Å². The van der Waals surface area contributed by atoms with Crippen LogP contribution < -0.4 is 0 Å². The number of hydrogen-bond donors (Lipinski definition) is 0. The molecule has 0 N–H and O–H groups in total. The van der Waals surface area contributed by atoms with Crippen LogP contribution in [0.1, 0.15) is 0 Å². The summed E-state index contributed by atoms with van der Waals surface area (Å²) in [5.41, 5.74) is 10.3. The Morgan fingerprint density at radius 1 is 0.300 bits per heavy atom. The smallest absolute Gasteiger partial charge is 0.164 e. The fourth-order valence-corrected chi connectivity index (χ4v) is 6.90. The monoisotopic (exact) mass is 641 g/mol. The van der Waals surface area contributed by atoms with Crippen LogP contribution in [-0.2, 0) is 0 Å². The van der Waals surface area contributed by atoms with Crippen molar-refractivity contribution in [1.29, 1.82) is 0 Å². The molecule has 0 amide bonds. The zero-order valence-electron chi connectivity index (χ0n) is 26.7. The summed E-state index contributed by atoms with van der Waals surface area (Å²) < 4.78 is 12.7. The van der Waals surface area contributed by atoms with E-state index >= 15 is 0 Å². The lowest BCUT2D eigenvalue weighted by Crippen LogP contribution is -2.00. The highest BCUT2D eigenvalue weighted by molar-refractivity contribution is 6.13. The number of para-hydroxylation sites is 2. The average molecular weight is 642 g/mol. The Morgan fingerprint density at radius 3 is 1.52 bits per heavy atom. The molecule has 0 spiro atoms. The molecule has 7 aromatic carbocycles. The van der Waals surface area contributed by atoms with Gasteiger partial charge in [0.15, 0.2) is 17.5 Å². The van der Waals surface area contributed by atoms with Crippen molar-refractivity contribution < 1.29 is 8.83 Å². The minimum atomic E-state index is 0.557. The van der Waals surface area contributed by atoms with Gasteiger partial charge in [-0.1, -0.05) is 127 Å². The summed E-state index contributed by atoms with van der Waals surface area (Å²) in [5, 5.41) is 4.27. The Balaban J connectivity index is 1.19. The van der Waals surface area contributed by atoms with E-state index in [1.807, 2.05) is 60.7 Å². The van der Waals surface area contributed by atoms with Crippen LogP contribution in [0.2, 0.25) is 0 Å². The second kappa shape index (κ2) is 11.4. The van der Waals surface area contributed by atoms with Gasteiger partial charge in [-0.2, -0.15) is 0 Å². The molecule has 50 heavy (non-hydrogen) atoms. The highest BCUT2D eigenvalue weighted by Gasteiger charge is 2.19. The average Bonchev–Trinajstić information content (AvgIpc) is 3.76. The zero-order valence-corrected chi connectivity index (χ0v) is 26.7. The van der Waals surface area contributed by atoms with Crippen LogP contribution in [0.3, 0.4) is 0 Å². The van der Waals surface area contributed by atoms with Crippen LogP contribution in [0.4, 0.5) is 0 Å². The molecule has 234 valence electrons. The number of fused-ring (bicyclic) bond motifs is 6. The molecule has 10 rings (SSSR count). The third-order valence-electron chi connectivity index (χ3n) is 9.34. The van der Waals surface area contributed by atoms with Crippen LogP contribution >= 0.6 is 0 Å². The van der Waals surface area contributed by atoms with Crippen LogP contribution in [-0.4, -0.2) is 15.0 Å². The summed E-state index contributed by atoms with van der Waals surface area (Å²) in [4.78, 5) is 15.3. The second-order valence-electron chi connectivity index (χ2n) is 12.4. The van der Waals surface area contributed by atoms with Crippen LogP contribution in [0, 0.1) is 0 Å². The summed E-state index contributed by atoms with van der Waals surface area (Å²) in [5.74, 6) is 1.70. The van der Waals surface area contributed by atoms with E-state index in [0.717, 1.165) is 82.8 Å². The van der Waals surface area contributed by atoms with Crippen molar-refractivity contribution in [2.24, 2.45) is 0 Å². The molecule has 3 heterocycles. The third kappa shape index (κ3) is 4.75. The fraction of sp³-hybridized carbons (Fsp3) is 0. The molecule has 3 aromatic heterocycles. The molecule has 0 atom stereocenters. The lowest BCUT2D eigenvalue weighted by molar-refractivity contribution is 0.668. The molecule has 0 unspecified atom stereocenters. The van der Waals surface area contributed by atoms with Gasteiger partial charge in [0.1, 0.15) is 22.3 Å². The van der Waals surface area contributed by atoms with Crippen molar-refractivity contribution >= 4 is 43.9 Å². The maximum Gasteiger partial charge on any atom is 0.164 e. The Bertz CT molecular complexity index is 2850. The van der Waals surface area contributed by atoms with Crippen LogP contribution in [0.5, 0.6) is 0 Å². The van der Waals surface area contributed by atoms with E-state index in [1.165, 1.54) is 0 Å². The number of hydrogen-bond acceptors (Lipinski definition) is 5. The molecule has 0 aliphatic rings. The van der Waals surface area contributed by atoms with Gasteiger partial charge in [0, 0.05) is 38.2 Å². The number of furan rings is 2. The lowest BCUT2D eigenvalue weighted by atomic mass is 9.97. The number of rotatable bonds is 5. The molecule has 10 aromatic rings. The molecule has 0 fully saturated rings. The van der Waals surface area contributed by atoms with E-state index in [2.05, 4.69) is 103 Å². The number of nitrogens with zero attached hydrogens (tertiary/aromatic N) is 3. The van der Waals surface area contributed by atoms with Gasteiger partial charge < -0.3 is 8.83 Å². The van der Waals surface area contributed by atoms with E-state index in [0.29, 0.717) is 17.5 Å². The molecule has 0 bridgehead atoms. The van der Waals surface area contributed by atoms with Gasteiger partial charge in [0.2, 0.25) is 0 Å². The molecule has 0 aliphatic carbocycles. The summed E-state index contributed by atoms with van der Waals surface area (Å²) >= 11 is 0. The lowest BCUT2D eigenvalue weighted by Gasteiger charge is -2.11. The fourth-order valence-electron chi connectivity index (χ4n) is 6.90. The van der Waals surface area contributed by atoms with E-state index < -0.39 is 0 Å². The largest absolute Gasteiger partial charge is 0.456 e. The first-order valence-corrected chi connectivity index (χ1v) is 16.6. The maximum atomic E-state index is 6.46. The van der Waals surface area contributed by atoms with Gasteiger partial charge >= 0.3 is 0 Å². The molecule has 0 radical (unpaired) electrons. The molecule has 0 saturated heterocycles. The van der Waals surface area contributed by atoms with Crippen molar-refractivity contribution in [3.8, 4) is 56.4 Å². The first kappa shape index (κ1) is 28.2. The zero-order chi connectivity index (χ0) is 33.0. The highest BCUT2D eigenvalue weighted by atomic mass is 16.3. The minimum absolute atomic E-state index is 0.557. The SMILES string of the molecule is c1ccc(-c2ccc(-c3nc(-c4ccc5c(c4)oc4ccccc45)nc(-c4cc(-c5ccccc5)c5c(c4)oc4ccccc45)n3)cc2)cc1. The van der Waals surface area contributed by atoms with Crippen LogP contribution in [0.15, 0.2) is 173 Å². The van der Waals surface area contributed by atoms with Gasteiger partial charge in [-0.3, -0.25) is 0 Å². The van der Waals surface area contributed by atoms with Gasteiger partial charge in [0.25, 0.3) is 0 Å². The van der Waals surface area contributed by atoms with E-state index in [1.54, 1.807) is 0 Å². The van der Waals surface area contributed by atoms with E-state index in [-0.39, 0.29) is 0 Å². The molecule has 0 aliphatic heterocycles. The van der Waals surface area contributed by atoms with Gasteiger partial charge in [-0.05, 0) is 58.7 Å². The third-order valence-corrected chi connectivity index (χ3v) is 9.34. The first-order chi connectivity index (χ1) is 24.7. The second-order valence-corrected chi connectivity index (χ2v) is 12.4. The molecule has 0 saturated carbocycles. The number of aromatic nitrogens is 3. The molecular formula is C45H27N3O2. The van der Waals surface area contributed by atoms with Crippen molar-refractivity contribution in [3.05, 3.63) is 164 Å². The van der Waals surface area contributed by atoms with Crippen molar-refractivity contribution in [2.45, 2.75) is 0 Å². The normalized spacial score (nSPS) is 11.6. The Labute approximate surface area is 287 Å². The molecule has 5 heteroatoms. The minimum Gasteiger partial charge on any atom is -0.456 e. The Morgan fingerprint density at radius 2 is 0.780 bits per heavy atom. The maximum absolute atomic E-state index is 6.46. The van der Waals surface area contributed by atoms with Crippen molar-refractivity contribution in [3.63, 3.8) is 0 Å². The summed E-state index contributed by atoms with van der Waals surface area (Å²) in [7, 11) is 0. The highest BCUT2D eigenvalue weighted by Crippen LogP contribution is 2.40. The summed E-state index contributed by atoms with van der Waals surface area (Å²) in [6.45, 7) is 0. The topological polar surface area (TPSA) is 65.0 Å². The van der Waals surface area contributed by atoms with Crippen LogP contribution in [0.25, 0.3) is 100 Å². The van der Waals surface area contributed by atoms with Gasteiger partial charge in [-0.15, -0.1) is 0 Å². The molecular weight excluding hydrogens is 615 g/mol.